The molecule has 0 spiro atoms. The predicted molar refractivity (Wildman–Crippen MR) is 86.6 cm³/mol. The summed E-state index contributed by atoms with van der Waals surface area (Å²) in [6, 6.07) is 7.83. The van der Waals surface area contributed by atoms with Crippen LogP contribution in [0, 0.1) is 6.92 Å². The molecule has 0 atom stereocenters. The van der Waals surface area contributed by atoms with E-state index in [4.69, 9.17) is 9.72 Å². The number of ether oxygens (including phenoxy) is 1. The first-order valence-electron chi connectivity index (χ1n) is 6.80. The summed E-state index contributed by atoms with van der Waals surface area (Å²) in [6.45, 7) is 2.00. The van der Waals surface area contributed by atoms with Crippen molar-refractivity contribution in [3.63, 3.8) is 0 Å². The lowest BCUT2D eigenvalue weighted by Gasteiger charge is -2.03. The molecule has 0 aliphatic heterocycles. The largest absolute Gasteiger partial charge is 0.497 e. The van der Waals surface area contributed by atoms with Gasteiger partial charge in [-0.05, 0) is 37.4 Å². The van der Waals surface area contributed by atoms with Gasteiger partial charge in [0.25, 0.3) is 0 Å². The molecule has 0 aliphatic rings. The van der Waals surface area contributed by atoms with E-state index in [-0.39, 0.29) is 0 Å². The Morgan fingerprint density at radius 1 is 1.29 bits per heavy atom. The Kier molecular flexibility index (Phi) is 3.88. The van der Waals surface area contributed by atoms with Crippen LogP contribution in [0.2, 0.25) is 0 Å². The molecule has 21 heavy (non-hydrogen) atoms. The van der Waals surface area contributed by atoms with Crippen LogP contribution in [0.15, 0.2) is 24.3 Å². The van der Waals surface area contributed by atoms with Gasteiger partial charge in [-0.2, -0.15) is 16.9 Å². The SMILES string of the molecule is COc1ccc(-n2nc(C)c3[nH]c(CCSC)nc32)cc1. The molecule has 1 N–H and O–H groups in total. The van der Waals surface area contributed by atoms with Crippen LogP contribution < -0.4 is 4.74 Å². The topological polar surface area (TPSA) is 55.7 Å². The molecule has 0 bridgehead atoms. The number of H-pyrrole nitrogens is 1. The minimum absolute atomic E-state index is 0.835. The van der Waals surface area contributed by atoms with Crippen molar-refractivity contribution in [1.82, 2.24) is 19.7 Å². The number of aromatic nitrogens is 4. The molecular weight excluding hydrogens is 284 g/mol. The fraction of sp³-hybridized carbons (Fsp3) is 0.333. The molecule has 0 amide bonds. The zero-order valence-electron chi connectivity index (χ0n) is 12.4. The minimum Gasteiger partial charge on any atom is -0.497 e. The van der Waals surface area contributed by atoms with Crippen molar-refractivity contribution in [3.05, 3.63) is 35.8 Å². The molecule has 3 aromatic rings. The predicted octanol–water partition coefficient (Wildman–Crippen LogP) is 2.97. The standard InChI is InChI=1S/C15H18N4OS/c1-10-14-15(17-13(16-14)8-9-21-3)19(18-10)11-4-6-12(20-2)7-5-11/h4-7H,8-9H2,1-3H3,(H,16,17). The second-order valence-corrected chi connectivity index (χ2v) is 5.81. The summed E-state index contributed by atoms with van der Waals surface area (Å²) in [6.07, 6.45) is 3.05. The van der Waals surface area contributed by atoms with E-state index >= 15 is 0 Å². The van der Waals surface area contributed by atoms with E-state index in [0.29, 0.717) is 0 Å². The Bertz CT molecular complexity index is 745. The van der Waals surface area contributed by atoms with Crippen LogP contribution in [-0.4, -0.2) is 38.9 Å². The summed E-state index contributed by atoms with van der Waals surface area (Å²) in [4.78, 5) is 8.07. The third-order valence-electron chi connectivity index (χ3n) is 3.41. The number of methoxy groups -OCH3 is 1. The number of rotatable bonds is 5. The van der Waals surface area contributed by atoms with Crippen LogP contribution >= 0.6 is 11.8 Å². The summed E-state index contributed by atoms with van der Waals surface area (Å²) in [5.41, 5.74) is 3.84. The molecule has 2 heterocycles. The number of nitrogens with one attached hydrogen (secondary N) is 1. The van der Waals surface area contributed by atoms with E-state index in [1.54, 1.807) is 7.11 Å². The Labute approximate surface area is 127 Å². The number of hydrogen-bond donors (Lipinski definition) is 1. The molecule has 5 nitrogen and oxygen atoms in total. The van der Waals surface area contributed by atoms with Crippen molar-refractivity contribution in [3.8, 4) is 11.4 Å². The highest BCUT2D eigenvalue weighted by Crippen LogP contribution is 2.22. The van der Waals surface area contributed by atoms with Crippen LogP contribution in [0.1, 0.15) is 11.5 Å². The highest BCUT2D eigenvalue weighted by molar-refractivity contribution is 7.98. The molecule has 0 saturated heterocycles. The molecular formula is C15H18N4OS. The number of hydrogen-bond acceptors (Lipinski definition) is 4. The van der Waals surface area contributed by atoms with Crippen LogP contribution in [0.4, 0.5) is 0 Å². The monoisotopic (exact) mass is 302 g/mol. The summed E-state index contributed by atoms with van der Waals surface area (Å²) in [5.74, 6) is 2.91. The first kappa shape index (κ1) is 14.0. The van der Waals surface area contributed by atoms with Gasteiger partial charge in [0, 0.05) is 12.2 Å². The molecule has 2 aromatic heterocycles. The van der Waals surface area contributed by atoms with Gasteiger partial charge in [0.15, 0.2) is 5.65 Å². The number of aromatic amines is 1. The molecule has 0 unspecified atom stereocenters. The van der Waals surface area contributed by atoms with Gasteiger partial charge < -0.3 is 9.72 Å². The Hall–Kier alpha value is -1.95. The number of imidazole rings is 1. The minimum atomic E-state index is 0.835. The van der Waals surface area contributed by atoms with Crippen LogP contribution in [-0.2, 0) is 6.42 Å². The van der Waals surface area contributed by atoms with Crippen molar-refractivity contribution in [2.24, 2.45) is 0 Å². The van der Waals surface area contributed by atoms with Crippen LogP contribution in [0.3, 0.4) is 0 Å². The Morgan fingerprint density at radius 3 is 2.71 bits per heavy atom. The smallest absolute Gasteiger partial charge is 0.181 e. The van der Waals surface area contributed by atoms with Gasteiger partial charge in [0.1, 0.15) is 17.1 Å². The van der Waals surface area contributed by atoms with E-state index in [1.807, 2.05) is 47.6 Å². The molecule has 6 heteroatoms. The van der Waals surface area contributed by atoms with E-state index in [0.717, 1.165) is 46.3 Å². The first-order chi connectivity index (χ1) is 10.2. The van der Waals surface area contributed by atoms with E-state index < -0.39 is 0 Å². The summed E-state index contributed by atoms with van der Waals surface area (Å²) >= 11 is 1.82. The van der Waals surface area contributed by atoms with Crippen LogP contribution in [0.25, 0.3) is 16.9 Å². The average molecular weight is 302 g/mol. The number of thioether (sulfide) groups is 1. The third kappa shape index (κ3) is 2.63. The highest BCUT2D eigenvalue weighted by atomic mass is 32.2. The maximum absolute atomic E-state index is 5.19. The fourth-order valence-corrected chi connectivity index (χ4v) is 2.68. The number of benzene rings is 1. The van der Waals surface area contributed by atoms with E-state index in [9.17, 15) is 0 Å². The maximum atomic E-state index is 5.19. The molecule has 1 aromatic carbocycles. The molecule has 0 fully saturated rings. The van der Waals surface area contributed by atoms with Gasteiger partial charge in [-0.15, -0.1) is 0 Å². The van der Waals surface area contributed by atoms with Gasteiger partial charge in [-0.25, -0.2) is 9.67 Å². The fourth-order valence-electron chi connectivity index (χ4n) is 2.29. The number of nitrogens with zero attached hydrogens (tertiary/aromatic N) is 3. The summed E-state index contributed by atoms with van der Waals surface area (Å²) in [5, 5.41) is 4.57. The third-order valence-corrected chi connectivity index (χ3v) is 4.02. The summed E-state index contributed by atoms with van der Waals surface area (Å²) in [7, 11) is 1.66. The second-order valence-electron chi connectivity index (χ2n) is 4.82. The molecule has 110 valence electrons. The zero-order chi connectivity index (χ0) is 14.8. The Balaban J connectivity index is 2.02. The normalized spacial score (nSPS) is 11.2. The lowest BCUT2D eigenvalue weighted by atomic mass is 10.3. The molecule has 3 rings (SSSR count). The van der Waals surface area contributed by atoms with E-state index in [1.165, 1.54) is 0 Å². The quantitative estimate of drug-likeness (QED) is 0.787. The van der Waals surface area contributed by atoms with Gasteiger partial charge in [-0.3, -0.25) is 0 Å². The van der Waals surface area contributed by atoms with Gasteiger partial charge in [0.05, 0.1) is 18.5 Å². The van der Waals surface area contributed by atoms with Crippen molar-refractivity contribution in [2.75, 3.05) is 19.1 Å². The van der Waals surface area contributed by atoms with Gasteiger partial charge in [0.2, 0.25) is 0 Å². The zero-order valence-corrected chi connectivity index (χ0v) is 13.2. The molecule has 0 saturated carbocycles. The molecule has 0 aliphatic carbocycles. The van der Waals surface area contributed by atoms with Crippen molar-refractivity contribution >= 4 is 22.9 Å². The summed E-state index contributed by atoms with van der Waals surface area (Å²) < 4.78 is 7.07. The average Bonchev–Trinajstić information content (AvgIpc) is 3.06. The van der Waals surface area contributed by atoms with Crippen molar-refractivity contribution in [2.45, 2.75) is 13.3 Å². The second kappa shape index (κ2) is 5.81. The van der Waals surface area contributed by atoms with Crippen molar-refractivity contribution in [1.29, 1.82) is 0 Å². The maximum Gasteiger partial charge on any atom is 0.181 e. The van der Waals surface area contributed by atoms with Gasteiger partial charge in [-0.1, -0.05) is 0 Å². The van der Waals surface area contributed by atoms with Crippen molar-refractivity contribution < 1.29 is 4.74 Å². The Morgan fingerprint density at radius 2 is 2.05 bits per heavy atom. The first-order valence-corrected chi connectivity index (χ1v) is 8.20. The van der Waals surface area contributed by atoms with Gasteiger partial charge >= 0.3 is 0 Å². The van der Waals surface area contributed by atoms with Crippen LogP contribution in [0.5, 0.6) is 5.75 Å². The lowest BCUT2D eigenvalue weighted by Crippen LogP contribution is -1.99. The lowest BCUT2D eigenvalue weighted by molar-refractivity contribution is 0.414. The van der Waals surface area contributed by atoms with E-state index in [2.05, 4.69) is 16.3 Å². The molecule has 0 radical (unpaired) electrons. The highest BCUT2D eigenvalue weighted by Gasteiger charge is 2.14. The number of aryl methyl sites for hydroxylation is 2. The number of fused-ring (bicyclic) bond motifs is 1.